The summed E-state index contributed by atoms with van der Waals surface area (Å²) < 4.78 is 10.6. The summed E-state index contributed by atoms with van der Waals surface area (Å²) in [6.45, 7) is 3.68. The van der Waals surface area contributed by atoms with Gasteiger partial charge in [0.2, 0.25) is 0 Å². The summed E-state index contributed by atoms with van der Waals surface area (Å²) in [6, 6.07) is 10.7. The predicted octanol–water partition coefficient (Wildman–Crippen LogP) is 3.85. The lowest BCUT2D eigenvalue weighted by Crippen LogP contribution is -2.21. The van der Waals surface area contributed by atoms with E-state index in [1.807, 2.05) is 38.1 Å². The maximum absolute atomic E-state index is 12.1. The monoisotopic (exact) mass is 344 g/mol. The Morgan fingerprint density at radius 2 is 2.04 bits per heavy atom. The Kier molecular flexibility index (Phi) is 5.67. The molecule has 0 saturated heterocycles. The second-order valence-electron chi connectivity index (χ2n) is 5.26. The molecule has 0 aromatic heterocycles. The molecule has 2 aromatic rings. The van der Waals surface area contributed by atoms with Gasteiger partial charge in [0, 0.05) is 11.8 Å². The van der Waals surface area contributed by atoms with Crippen molar-refractivity contribution in [1.82, 2.24) is 0 Å². The average molecular weight is 345 g/mol. The first kappa shape index (κ1) is 17.6. The highest BCUT2D eigenvalue weighted by molar-refractivity contribution is 6.32. The van der Waals surface area contributed by atoms with Gasteiger partial charge in [-0.2, -0.15) is 5.26 Å². The number of hydrogen-bond acceptors (Lipinski definition) is 4. The second kappa shape index (κ2) is 7.71. The van der Waals surface area contributed by atoms with Gasteiger partial charge in [-0.25, -0.2) is 0 Å². The van der Waals surface area contributed by atoms with E-state index in [2.05, 4.69) is 5.32 Å². The molecule has 24 heavy (non-hydrogen) atoms. The Morgan fingerprint density at radius 1 is 1.29 bits per heavy atom. The van der Waals surface area contributed by atoms with Crippen LogP contribution in [-0.2, 0) is 4.79 Å². The van der Waals surface area contributed by atoms with Gasteiger partial charge in [-0.3, -0.25) is 4.79 Å². The number of carbonyl (C=O) groups is 1. The number of carbonyl (C=O) groups excluding carboxylic acids is 1. The molecule has 0 aliphatic heterocycles. The Bertz CT molecular complexity index is 813. The number of nitriles is 1. The van der Waals surface area contributed by atoms with Crippen molar-refractivity contribution in [2.75, 3.05) is 19.0 Å². The minimum Gasteiger partial charge on any atom is -0.493 e. The van der Waals surface area contributed by atoms with Gasteiger partial charge in [-0.15, -0.1) is 0 Å². The number of nitrogens with one attached hydrogen (secondary N) is 1. The quantitative estimate of drug-likeness (QED) is 0.894. The largest absolute Gasteiger partial charge is 0.493 e. The van der Waals surface area contributed by atoms with Gasteiger partial charge in [-0.05, 0) is 31.5 Å². The van der Waals surface area contributed by atoms with Gasteiger partial charge >= 0.3 is 0 Å². The lowest BCUT2D eigenvalue weighted by atomic mass is 10.1. The van der Waals surface area contributed by atoms with Crippen LogP contribution in [0.4, 0.5) is 5.69 Å². The maximum Gasteiger partial charge on any atom is 0.262 e. The number of benzene rings is 2. The molecule has 124 valence electrons. The molecule has 5 nitrogen and oxygen atoms in total. The fourth-order valence-corrected chi connectivity index (χ4v) is 2.47. The topological polar surface area (TPSA) is 71.3 Å². The summed E-state index contributed by atoms with van der Waals surface area (Å²) in [6.07, 6.45) is 0. The highest BCUT2D eigenvalue weighted by Gasteiger charge is 2.14. The van der Waals surface area contributed by atoms with Crippen LogP contribution in [0.3, 0.4) is 0 Å². The molecule has 0 radical (unpaired) electrons. The van der Waals surface area contributed by atoms with E-state index in [0.717, 1.165) is 16.8 Å². The van der Waals surface area contributed by atoms with Crippen LogP contribution in [0.15, 0.2) is 30.3 Å². The van der Waals surface area contributed by atoms with Crippen LogP contribution in [0.5, 0.6) is 11.5 Å². The van der Waals surface area contributed by atoms with Crippen molar-refractivity contribution in [3.8, 4) is 17.6 Å². The molecule has 0 atom stereocenters. The van der Waals surface area contributed by atoms with E-state index in [-0.39, 0.29) is 23.3 Å². The van der Waals surface area contributed by atoms with Crippen LogP contribution >= 0.6 is 11.6 Å². The normalized spacial score (nSPS) is 9.96. The number of rotatable bonds is 5. The van der Waals surface area contributed by atoms with E-state index in [9.17, 15) is 4.79 Å². The van der Waals surface area contributed by atoms with Crippen LogP contribution < -0.4 is 14.8 Å². The van der Waals surface area contributed by atoms with Crippen molar-refractivity contribution in [2.45, 2.75) is 13.8 Å². The molecule has 2 aromatic carbocycles. The van der Waals surface area contributed by atoms with Crippen molar-refractivity contribution < 1.29 is 14.3 Å². The molecular formula is C18H17ClN2O3. The van der Waals surface area contributed by atoms with Crippen LogP contribution in [0.1, 0.15) is 16.7 Å². The zero-order chi connectivity index (χ0) is 17.7. The zero-order valence-corrected chi connectivity index (χ0v) is 14.4. The lowest BCUT2D eigenvalue weighted by molar-refractivity contribution is -0.118. The van der Waals surface area contributed by atoms with Gasteiger partial charge < -0.3 is 14.8 Å². The molecule has 0 unspecified atom stereocenters. The summed E-state index contributed by atoms with van der Waals surface area (Å²) in [7, 11) is 1.44. The summed E-state index contributed by atoms with van der Waals surface area (Å²) in [5.74, 6) is 0.219. The van der Waals surface area contributed by atoms with Crippen molar-refractivity contribution in [3.05, 3.63) is 52.0 Å². The molecule has 0 spiro atoms. The van der Waals surface area contributed by atoms with E-state index in [4.69, 9.17) is 26.3 Å². The van der Waals surface area contributed by atoms with Gasteiger partial charge in [0.1, 0.15) is 0 Å². The molecule has 0 aliphatic rings. The number of methoxy groups -OCH3 is 1. The number of hydrogen-bond donors (Lipinski definition) is 1. The number of anilines is 1. The predicted molar refractivity (Wildman–Crippen MR) is 92.8 cm³/mol. The van der Waals surface area contributed by atoms with E-state index < -0.39 is 0 Å². The van der Waals surface area contributed by atoms with Crippen molar-refractivity contribution >= 4 is 23.2 Å². The molecule has 1 N–H and O–H groups in total. The smallest absolute Gasteiger partial charge is 0.262 e. The minimum absolute atomic E-state index is 0.213. The number of nitrogens with zero attached hydrogens (tertiary/aromatic N) is 1. The van der Waals surface area contributed by atoms with E-state index in [1.165, 1.54) is 19.2 Å². The molecule has 0 bridgehead atoms. The average Bonchev–Trinajstić information content (AvgIpc) is 2.55. The Hall–Kier alpha value is -2.71. The molecular weight excluding hydrogens is 328 g/mol. The first-order chi connectivity index (χ1) is 11.4. The Balaban J connectivity index is 2.08. The van der Waals surface area contributed by atoms with Crippen LogP contribution in [0.25, 0.3) is 0 Å². The van der Waals surface area contributed by atoms with Crippen LogP contribution in [0.2, 0.25) is 5.02 Å². The summed E-state index contributed by atoms with van der Waals surface area (Å²) in [5, 5.41) is 11.9. The molecule has 0 fully saturated rings. The first-order valence-electron chi connectivity index (χ1n) is 7.22. The highest BCUT2D eigenvalue weighted by atomic mass is 35.5. The maximum atomic E-state index is 12.1. The SMILES string of the molecule is COc1cc(C#N)cc(Cl)c1OCC(=O)Nc1ccc(C)cc1C. The third kappa shape index (κ3) is 4.18. The van der Waals surface area contributed by atoms with Gasteiger partial charge in [0.05, 0.1) is 23.8 Å². The Morgan fingerprint density at radius 3 is 2.67 bits per heavy atom. The van der Waals surface area contributed by atoms with E-state index in [1.54, 1.807) is 0 Å². The summed E-state index contributed by atoms with van der Waals surface area (Å²) >= 11 is 6.09. The number of amides is 1. The fraction of sp³-hybridized carbons (Fsp3) is 0.222. The lowest BCUT2D eigenvalue weighted by Gasteiger charge is -2.13. The molecule has 6 heteroatoms. The van der Waals surface area contributed by atoms with Crippen LogP contribution in [0, 0.1) is 25.2 Å². The van der Waals surface area contributed by atoms with Gasteiger partial charge in [0.25, 0.3) is 5.91 Å². The highest BCUT2D eigenvalue weighted by Crippen LogP contribution is 2.36. The molecule has 0 saturated carbocycles. The zero-order valence-electron chi connectivity index (χ0n) is 13.6. The van der Waals surface area contributed by atoms with Crippen LogP contribution in [-0.4, -0.2) is 19.6 Å². The van der Waals surface area contributed by atoms with Gasteiger partial charge in [-0.1, -0.05) is 29.3 Å². The standard InChI is InChI=1S/C18H17ClN2O3/c1-11-4-5-15(12(2)6-11)21-17(22)10-24-18-14(19)7-13(9-20)8-16(18)23-3/h4-8H,10H2,1-3H3,(H,21,22). The van der Waals surface area contributed by atoms with E-state index >= 15 is 0 Å². The molecule has 0 heterocycles. The van der Waals surface area contributed by atoms with Gasteiger partial charge in [0.15, 0.2) is 18.1 Å². The third-order valence-corrected chi connectivity index (χ3v) is 3.64. The minimum atomic E-state index is -0.315. The molecule has 2 rings (SSSR count). The first-order valence-corrected chi connectivity index (χ1v) is 7.60. The fourth-order valence-electron chi connectivity index (χ4n) is 2.20. The van der Waals surface area contributed by atoms with E-state index in [0.29, 0.717) is 11.3 Å². The second-order valence-corrected chi connectivity index (χ2v) is 5.66. The third-order valence-electron chi connectivity index (χ3n) is 3.36. The molecule has 1 amide bonds. The van der Waals surface area contributed by atoms with Crippen molar-refractivity contribution in [1.29, 1.82) is 5.26 Å². The van der Waals surface area contributed by atoms with Crippen molar-refractivity contribution in [2.24, 2.45) is 0 Å². The number of ether oxygens (including phenoxy) is 2. The summed E-state index contributed by atoms with van der Waals surface area (Å²) in [4.78, 5) is 12.1. The number of aryl methyl sites for hydroxylation is 2. The molecule has 0 aliphatic carbocycles. The number of halogens is 1. The van der Waals surface area contributed by atoms with Crippen molar-refractivity contribution in [3.63, 3.8) is 0 Å². The summed E-state index contributed by atoms with van der Waals surface area (Å²) in [5.41, 5.74) is 3.17. The Labute approximate surface area is 145 Å².